The molecule has 0 radical (unpaired) electrons. The fraction of sp³-hybridized carbons (Fsp3) is 0.316. The number of aryl methyl sites for hydroxylation is 1. The molecule has 4 heterocycles. The molecule has 0 amide bonds. The standard InChI is InChI=1S/C19H19ClFN7O/c1-26-6-11-14(25-26)4-3-9(16(11)20)10-5-23-17-15(10)18(29)27(2)19(24-17)28-7-12(21)13(22)8-28/h3-6,12-13,23H,7-8,22H2,1-2H3/t12-,13+/m0/s1. The second-order valence-electron chi connectivity index (χ2n) is 7.45. The maximum Gasteiger partial charge on any atom is 0.264 e. The highest BCUT2D eigenvalue weighted by Gasteiger charge is 2.32. The van der Waals surface area contributed by atoms with Gasteiger partial charge in [0, 0.05) is 49.5 Å². The maximum absolute atomic E-state index is 13.9. The molecule has 0 aliphatic carbocycles. The Morgan fingerprint density at radius 1 is 1.28 bits per heavy atom. The third kappa shape index (κ3) is 2.65. The Labute approximate surface area is 169 Å². The molecular formula is C19H19ClFN7O. The van der Waals surface area contributed by atoms with Crippen molar-refractivity contribution in [2.45, 2.75) is 12.2 Å². The minimum absolute atomic E-state index is 0.115. The average molecular weight is 416 g/mol. The summed E-state index contributed by atoms with van der Waals surface area (Å²) in [5.41, 5.74) is 8.14. The van der Waals surface area contributed by atoms with Gasteiger partial charge in [-0.3, -0.25) is 14.0 Å². The van der Waals surface area contributed by atoms with Gasteiger partial charge in [-0.25, -0.2) is 4.39 Å². The first-order valence-electron chi connectivity index (χ1n) is 9.20. The Morgan fingerprint density at radius 3 is 2.79 bits per heavy atom. The van der Waals surface area contributed by atoms with Crippen molar-refractivity contribution in [1.82, 2.24) is 24.3 Å². The van der Waals surface area contributed by atoms with Gasteiger partial charge in [0.2, 0.25) is 5.95 Å². The van der Waals surface area contributed by atoms with E-state index in [1.54, 1.807) is 22.8 Å². The van der Waals surface area contributed by atoms with Crippen LogP contribution in [0, 0.1) is 0 Å². The topological polar surface area (TPSA) is 97.8 Å². The second-order valence-corrected chi connectivity index (χ2v) is 7.83. The van der Waals surface area contributed by atoms with E-state index < -0.39 is 12.2 Å². The Balaban J connectivity index is 1.69. The predicted molar refractivity (Wildman–Crippen MR) is 111 cm³/mol. The number of aromatic amines is 1. The third-order valence-electron chi connectivity index (χ3n) is 5.49. The Hall–Kier alpha value is -2.91. The zero-order valence-electron chi connectivity index (χ0n) is 15.9. The van der Waals surface area contributed by atoms with Gasteiger partial charge in [0.1, 0.15) is 11.8 Å². The Kier molecular flexibility index (Phi) is 3.94. The largest absolute Gasteiger partial charge is 0.345 e. The monoisotopic (exact) mass is 415 g/mol. The smallest absolute Gasteiger partial charge is 0.264 e. The van der Waals surface area contributed by atoms with Crippen LogP contribution < -0.4 is 16.2 Å². The number of hydrogen-bond donors (Lipinski definition) is 2. The van der Waals surface area contributed by atoms with E-state index in [1.165, 1.54) is 4.57 Å². The SMILES string of the molecule is Cn1cc2c(Cl)c(-c3c[nH]c4nc(N5C[C@@H](N)[C@@H](F)C5)n(C)c(=O)c34)ccc2n1. The first kappa shape index (κ1) is 18.1. The number of anilines is 1. The van der Waals surface area contributed by atoms with E-state index in [0.717, 1.165) is 16.5 Å². The summed E-state index contributed by atoms with van der Waals surface area (Å²) in [4.78, 5) is 22.5. The molecule has 150 valence electrons. The van der Waals surface area contributed by atoms with E-state index in [0.29, 0.717) is 34.1 Å². The zero-order chi connectivity index (χ0) is 20.4. The number of alkyl halides is 1. The third-order valence-corrected chi connectivity index (χ3v) is 5.90. The summed E-state index contributed by atoms with van der Waals surface area (Å²) in [6, 6.07) is 3.13. The lowest BCUT2D eigenvalue weighted by Gasteiger charge is -2.19. The number of nitrogens with one attached hydrogen (secondary N) is 1. The van der Waals surface area contributed by atoms with Gasteiger partial charge >= 0.3 is 0 Å². The van der Waals surface area contributed by atoms with Crippen LogP contribution in [0.2, 0.25) is 5.02 Å². The number of aromatic nitrogens is 5. The number of nitrogens with two attached hydrogens (primary N) is 1. The molecule has 5 rings (SSSR count). The van der Waals surface area contributed by atoms with Crippen molar-refractivity contribution < 1.29 is 4.39 Å². The summed E-state index contributed by atoms with van der Waals surface area (Å²) in [5.74, 6) is 0.389. The highest BCUT2D eigenvalue weighted by Crippen LogP contribution is 2.36. The number of hydrogen-bond acceptors (Lipinski definition) is 5. The van der Waals surface area contributed by atoms with Gasteiger partial charge < -0.3 is 15.6 Å². The van der Waals surface area contributed by atoms with Gasteiger partial charge in [-0.15, -0.1) is 0 Å². The van der Waals surface area contributed by atoms with Gasteiger partial charge in [-0.2, -0.15) is 10.1 Å². The average Bonchev–Trinajstić information content (AvgIpc) is 3.36. The van der Waals surface area contributed by atoms with Crippen molar-refractivity contribution in [3.05, 3.63) is 39.9 Å². The molecule has 8 nitrogen and oxygen atoms in total. The lowest BCUT2D eigenvalue weighted by Crippen LogP contribution is -2.32. The van der Waals surface area contributed by atoms with E-state index in [2.05, 4.69) is 15.1 Å². The molecule has 0 bridgehead atoms. The molecule has 10 heteroatoms. The van der Waals surface area contributed by atoms with Crippen molar-refractivity contribution >= 4 is 39.5 Å². The summed E-state index contributed by atoms with van der Waals surface area (Å²) in [5, 5.41) is 6.12. The van der Waals surface area contributed by atoms with Crippen LogP contribution in [0.4, 0.5) is 10.3 Å². The van der Waals surface area contributed by atoms with Gasteiger partial charge in [0.05, 0.1) is 28.5 Å². The minimum atomic E-state index is -1.15. The maximum atomic E-state index is 13.9. The van der Waals surface area contributed by atoms with Crippen LogP contribution in [-0.4, -0.2) is 49.6 Å². The van der Waals surface area contributed by atoms with Crippen LogP contribution in [0.3, 0.4) is 0 Å². The molecule has 29 heavy (non-hydrogen) atoms. The highest BCUT2D eigenvalue weighted by molar-refractivity contribution is 6.38. The molecule has 0 saturated carbocycles. The number of rotatable bonds is 2. The Bertz CT molecular complexity index is 1310. The van der Waals surface area contributed by atoms with Crippen molar-refractivity contribution in [1.29, 1.82) is 0 Å². The molecule has 2 atom stereocenters. The molecule has 1 aromatic carbocycles. The molecule has 3 aromatic heterocycles. The summed E-state index contributed by atoms with van der Waals surface area (Å²) < 4.78 is 17.0. The first-order valence-corrected chi connectivity index (χ1v) is 9.58. The Morgan fingerprint density at radius 2 is 2.07 bits per heavy atom. The van der Waals surface area contributed by atoms with Crippen molar-refractivity contribution in [2.24, 2.45) is 19.8 Å². The van der Waals surface area contributed by atoms with Crippen LogP contribution in [0.1, 0.15) is 0 Å². The number of fused-ring (bicyclic) bond motifs is 2. The van der Waals surface area contributed by atoms with E-state index in [9.17, 15) is 9.18 Å². The number of nitrogens with zero attached hydrogens (tertiary/aromatic N) is 5. The van der Waals surface area contributed by atoms with Crippen LogP contribution in [-0.2, 0) is 14.1 Å². The number of halogens is 2. The van der Waals surface area contributed by atoms with Crippen LogP contribution in [0.15, 0.2) is 29.3 Å². The molecule has 1 aliphatic rings. The first-order chi connectivity index (χ1) is 13.8. The van der Waals surface area contributed by atoms with Crippen LogP contribution in [0.5, 0.6) is 0 Å². The number of H-pyrrole nitrogens is 1. The zero-order valence-corrected chi connectivity index (χ0v) is 16.6. The lowest BCUT2D eigenvalue weighted by atomic mass is 10.0. The lowest BCUT2D eigenvalue weighted by molar-refractivity contribution is 0.333. The van der Waals surface area contributed by atoms with Crippen LogP contribution in [0.25, 0.3) is 33.1 Å². The van der Waals surface area contributed by atoms with E-state index in [-0.39, 0.29) is 12.1 Å². The van der Waals surface area contributed by atoms with E-state index >= 15 is 0 Å². The second kappa shape index (κ2) is 6.30. The molecular weight excluding hydrogens is 397 g/mol. The van der Waals surface area contributed by atoms with E-state index in [1.807, 2.05) is 25.4 Å². The summed E-state index contributed by atoms with van der Waals surface area (Å²) in [6.07, 6.45) is 2.42. The molecule has 1 saturated heterocycles. The van der Waals surface area contributed by atoms with Crippen molar-refractivity contribution in [2.75, 3.05) is 18.0 Å². The normalized spacial score (nSPS) is 19.7. The molecule has 1 aliphatic heterocycles. The molecule has 0 unspecified atom stereocenters. The predicted octanol–water partition coefficient (Wildman–Crippen LogP) is 1.95. The molecule has 1 fully saturated rings. The fourth-order valence-electron chi connectivity index (χ4n) is 3.98. The van der Waals surface area contributed by atoms with Gasteiger partial charge in [0.25, 0.3) is 5.56 Å². The van der Waals surface area contributed by atoms with Gasteiger partial charge in [-0.1, -0.05) is 17.7 Å². The molecule has 4 aromatic rings. The molecule has 3 N–H and O–H groups in total. The minimum Gasteiger partial charge on any atom is -0.345 e. The quantitative estimate of drug-likeness (QED) is 0.521. The highest BCUT2D eigenvalue weighted by atomic mass is 35.5. The van der Waals surface area contributed by atoms with E-state index in [4.69, 9.17) is 17.3 Å². The number of benzene rings is 1. The summed E-state index contributed by atoms with van der Waals surface area (Å²) in [6.45, 7) is 0.425. The van der Waals surface area contributed by atoms with Crippen molar-refractivity contribution in [3.8, 4) is 11.1 Å². The summed E-state index contributed by atoms with van der Waals surface area (Å²) in [7, 11) is 3.46. The van der Waals surface area contributed by atoms with Gasteiger partial charge in [0.15, 0.2) is 0 Å². The summed E-state index contributed by atoms with van der Waals surface area (Å²) >= 11 is 6.65. The fourth-order valence-corrected chi connectivity index (χ4v) is 4.30. The van der Waals surface area contributed by atoms with Gasteiger partial charge in [-0.05, 0) is 6.07 Å². The molecule has 0 spiro atoms. The van der Waals surface area contributed by atoms with Crippen molar-refractivity contribution in [3.63, 3.8) is 0 Å². The van der Waals surface area contributed by atoms with Crippen LogP contribution >= 0.6 is 11.6 Å².